The molecule has 0 fully saturated rings. The molecule has 0 bridgehead atoms. The van der Waals surface area contributed by atoms with Gasteiger partial charge in [0.25, 0.3) is 0 Å². The molecule has 110 valence electrons. The SMILES string of the molecule is C[C@]1(C(F)(F)F)C=N[C@](C)(c2nc(N)ccc2F)CO1. The van der Waals surface area contributed by atoms with Gasteiger partial charge in [-0.1, -0.05) is 0 Å². The molecule has 1 aromatic rings. The molecular weight excluding hydrogens is 278 g/mol. The van der Waals surface area contributed by atoms with Crippen molar-refractivity contribution in [2.24, 2.45) is 4.99 Å². The Labute approximate surface area is 112 Å². The summed E-state index contributed by atoms with van der Waals surface area (Å²) >= 11 is 0. The van der Waals surface area contributed by atoms with Crippen LogP contribution < -0.4 is 5.73 Å². The molecule has 20 heavy (non-hydrogen) atoms. The highest BCUT2D eigenvalue weighted by Crippen LogP contribution is 2.39. The van der Waals surface area contributed by atoms with E-state index in [0.717, 1.165) is 13.0 Å². The predicted molar refractivity (Wildman–Crippen MR) is 64.9 cm³/mol. The van der Waals surface area contributed by atoms with Crippen molar-refractivity contribution >= 4 is 12.0 Å². The first-order valence-electron chi connectivity index (χ1n) is 5.77. The summed E-state index contributed by atoms with van der Waals surface area (Å²) in [5.74, 6) is -0.639. The van der Waals surface area contributed by atoms with E-state index in [1.807, 2.05) is 0 Å². The Hall–Kier alpha value is -1.70. The van der Waals surface area contributed by atoms with Gasteiger partial charge in [0.05, 0.1) is 6.61 Å². The van der Waals surface area contributed by atoms with Crippen molar-refractivity contribution in [2.75, 3.05) is 12.3 Å². The van der Waals surface area contributed by atoms with Crippen molar-refractivity contribution in [3.05, 3.63) is 23.6 Å². The minimum Gasteiger partial charge on any atom is -0.384 e. The second kappa shape index (κ2) is 4.41. The quantitative estimate of drug-likeness (QED) is 0.808. The average Bonchev–Trinajstić information content (AvgIpc) is 2.35. The number of nitrogens with two attached hydrogens (primary N) is 1. The molecule has 0 unspecified atom stereocenters. The molecule has 2 N–H and O–H groups in total. The number of rotatable bonds is 1. The fourth-order valence-corrected chi connectivity index (χ4v) is 1.75. The number of anilines is 1. The molecule has 0 radical (unpaired) electrons. The Morgan fingerprint density at radius 2 is 1.95 bits per heavy atom. The first kappa shape index (κ1) is 14.7. The van der Waals surface area contributed by atoms with E-state index >= 15 is 0 Å². The third kappa shape index (κ3) is 2.35. The van der Waals surface area contributed by atoms with Crippen molar-refractivity contribution in [2.45, 2.75) is 31.2 Å². The van der Waals surface area contributed by atoms with Gasteiger partial charge < -0.3 is 10.5 Å². The van der Waals surface area contributed by atoms with Gasteiger partial charge in [-0.15, -0.1) is 0 Å². The number of hydrogen-bond acceptors (Lipinski definition) is 4. The van der Waals surface area contributed by atoms with E-state index in [-0.39, 0.29) is 11.5 Å². The molecule has 0 amide bonds. The monoisotopic (exact) mass is 291 g/mol. The molecule has 0 saturated carbocycles. The Bertz CT molecular complexity index is 560. The van der Waals surface area contributed by atoms with Crippen molar-refractivity contribution in [3.8, 4) is 0 Å². The highest BCUT2D eigenvalue weighted by molar-refractivity contribution is 5.71. The van der Waals surface area contributed by atoms with Gasteiger partial charge in [0.2, 0.25) is 0 Å². The topological polar surface area (TPSA) is 60.5 Å². The average molecular weight is 291 g/mol. The van der Waals surface area contributed by atoms with E-state index in [2.05, 4.69) is 9.98 Å². The third-order valence-electron chi connectivity index (χ3n) is 3.19. The fourth-order valence-electron chi connectivity index (χ4n) is 1.75. The number of nitrogen functional groups attached to an aromatic ring is 1. The third-order valence-corrected chi connectivity index (χ3v) is 3.19. The second-order valence-corrected chi connectivity index (χ2v) is 4.99. The maximum absolute atomic E-state index is 13.8. The van der Waals surface area contributed by atoms with E-state index < -0.39 is 29.7 Å². The highest BCUT2D eigenvalue weighted by atomic mass is 19.4. The van der Waals surface area contributed by atoms with Gasteiger partial charge in [-0.2, -0.15) is 13.2 Å². The molecule has 2 rings (SSSR count). The van der Waals surface area contributed by atoms with Crippen LogP contribution in [0, 0.1) is 5.82 Å². The molecule has 0 aromatic carbocycles. The van der Waals surface area contributed by atoms with Crippen LogP contribution in [0.3, 0.4) is 0 Å². The van der Waals surface area contributed by atoms with E-state index in [4.69, 9.17) is 10.5 Å². The molecule has 2 atom stereocenters. The first-order chi connectivity index (χ1) is 9.07. The first-order valence-corrected chi connectivity index (χ1v) is 5.77. The Morgan fingerprint density at radius 1 is 1.30 bits per heavy atom. The molecule has 1 aliphatic rings. The van der Waals surface area contributed by atoms with E-state index in [0.29, 0.717) is 6.21 Å². The normalized spacial score (nSPS) is 30.5. The molecular formula is C12H13F4N3O. The molecule has 1 aliphatic heterocycles. The zero-order chi connectivity index (χ0) is 15.2. The van der Waals surface area contributed by atoms with Crippen LogP contribution in [0.25, 0.3) is 0 Å². The van der Waals surface area contributed by atoms with Gasteiger partial charge >= 0.3 is 6.18 Å². The fraction of sp³-hybridized carbons (Fsp3) is 0.500. The summed E-state index contributed by atoms with van der Waals surface area (Å²) in [6.07, 6.45) is -3.96. The number of pyridine rings is 1. The summed E-state index contributed by atoms with van der Waals surface area (Å²) in [4.78, 5) is 7.63. The lowest BCUT2D eigenvalue weighted by molar-refractivity contribution is -0.247. The molecule has 0 aliphatic carbocycles. The van der Waals surface area contributed by atoms with Crippen molar-refractivity contribution in [1.82, 2.24) is 4.98 Å². The Kier molecular flexibility index (Phi) is 3.24. The summed E-state index contributed by atoms with van der Waals surface area (Å²) < 4.78 is 57.0. The molecule has 0 spiro atoms. The van der Waals surface area contributed by atoms with Gasteiger partial charge in [-0.05, 0) is 26.0 Å². The van der Waals surface area contributed by atoms with Crippen LogP contribution in [-0.2, 0) is 10.3 Å². The number of aromatic nitrogens is 1. The summed E-state index contributed by atoms with van der Waals surface area (Å²) in [5.41, 5.74) is 1.50. The Balaban J connectivity index is 2.40. The van der Waals surface area contributed by atoms with Gasteiger partial charge in [-0.25, -0.2) is 9.37 Å². The summed E-state index contributed by atoms with van der Waals surface area (Å²) in [5, 5.41) is 0. The predicted octanol–water partition coefficient (Wildman–Crippen LogP) is 2.44. The van der Waals surface area contributed by atoms with Crippen LogP contribution in [-0.4, -0.2) is 29.6 Å². The minimum absolute atomic E-state index is 0.0574. The van der Waals surface area contributed by atoms with Crippen molar-refractivity contribution < 1.29 is 22.3 Å². The van der Waals surface area contributed by atoms with E-state index in [9.17, 15) is 17.6 Å². The van der Waals surface area contributed by atoms with Gasteiger partial charge in [-0.3, -0.25) is 4.99 Å². The minimum atomic E-state index is -4.60. The highest BCUT2D eigenvalue weighted by Gasteiger charge is 2.55. The van der Waals surface area contributed by atoms with Gasteiger partial charge in [0.15, 0.2) is 5.60 Å². The summed E-state index contributed by atoms with van der Waals surface area (Å²) in [6, 6.07) is 2.35. The number of hydrogen-bond donors (Lipinski definition) is 1. The summed E-state index contributed by atoms with van der Waals surface area (Å²) in [6.45, 7) is 1.84. The Morgan fingerprint density at radius 3 is 2.45 bits per heavy atom. The van der Waals surface area contributed by atoms with Crippen LogP contribution >= 0.6 is 0 Å². The molecule has 4 nitrogen and oxygen atoms in total. The van der Waals surface area contributed by atoms with Crippen LogP contribution in [0.15, 0.2) is 17.1 Å². The van der Waals surface area contributed by atoms with Crippen LogP contribution in [0.2, 0.25) is 0 Å². The maximum atomic E-state index is 13.8. The zero-order valence-corrected chi connectivity index (χ0v) is 10.8. The summed E-state index contributed by atoms with van der Waals surface area (Å²) in [7, 11) is 0. The van der Waals surface area contributed by atoms with Crippen molar-refractivity contribution in [1.29, 1.82) is 0 Å². The zero-order valence-electron chi connectivity index (χ0n) is 10.8. The number of aliphatic imine (C=N–C) groups is 1. The maximum Gasteiger partial charge on any atom is 0.422 e. The largest absolute Gasteiger partial charge is 0.422 e. The van der Waals surface area contributed by atoms with Crippen molar-refractivity contribution in [3.63, 3.8) is 0 Å². The number of alkyl halides is 3. The van der Waals surface area contributed by atoms with Crippen LogP contribution in [0.5, 0.6) is 0 Å². The number of nitrogens with zero attached hydrogens (tertiary/aromatic N) is 2. The molecule has 8 heteroatoms. The lowest BCUT2D eigenvalue weighted by atomic mass is 9.94. The van der Waals surface area contributed by atoms with Gasteiger partial charge in [0.1, 0.15) is 22.9 Å². The van der Waals surface area contributed by atoms with E-state index in [1.54, 1.807) is 0 Å². The second-order valence-electron chi connectivity index (χ2n) is 4.99. The molecule has 1 aromatic heterocycles. The number of halogens is 4. The van der Waals surface area contributed by atoms with Crippen LogP contribution in [0.4, 0.5) is 23.4 Å². The lowest BCUT2D eigenvalue weighted by Crippen LogP contribution is -2.52. The smallest absolute Gasteiger partial charge is 0.384 e. The molecule has 2 heterocycles. The standard InChI is InChI=1S/C12H13F4N3O/c1-10(9-7(13)3-4-8(17)19-9)6-20-11(2,5-18-10)12(14,15)16/h3-5H,6H2,1-2H3,(H2,17,19)/t10-,11+/m0/s1. The van der Waals surface area contributed by atoms with Gasteiger partial charge in [0, 0.05) is 6.21 Å². The number of ether oxygens (including phenoxy) is 1. The molecule has 0 saturated heterocycles. The van der Waals surface area contributed by atoms with Crippen LogP contribution in [0.1, 0.15) is 19.5 Å². The van der Waals surface area contributed by atoms with E-state index in [1.165, 1.54) is 13.0 Å². The lowest BCUT2D eigenvalue weighted by Gasteiger charge is -2.37.